The maximum atomic E-state index is 4.59. The molecule has 0 aliphatic carbocycles. The summed E-state index contributed by atoms with van der Waals surface area (Å²) in [5.41, 5.74) is 0.175. The van der Waals surface area contributed by atoms with E-state index in [1.54, 1.807) is 22.7 Å². The van der Waals surface area contributed by atoms with Crippen LogP contribution in [-0.2, 0) is 5.41 Å². The van der Waals surface area contributed by atoms with Gasteiger partial charge in [0.2, 0.25) is 0 Å². The highest BCUT2D eigenvalue weighted by atomic mass is 32.1. The second kappa shape index (κ2) is 5.10. The molecular weight excluding hydrogens is 260 g/mol. The van der Waals surface area contributed by atoms with Crippen LogP contribution in [0.3, 0.4) is 0 Å². The first-order chi connectivity index (χ1) is 8.44. The Hall–Kier alpha value is -0.740. The van der Waals surface area contributed by atoms with Gasteiger partial charge in [-0.3, -0.25) is 0 Å². The van der Waals surface area contributed by atoms with Crippen molar-refractivity contribution in [2.24, 2.45) is 0 Å². The van der Waals surface area contributed by atoms with Crippen molar-refractivity contribution in [3.63, 3.8) is 0 Å². The van der Waals surface area contributed by atoms with Gasteiger partial charge in [0, 0.05) is 23.7 Å². The smallest absolute Gasteiger partial charge is 0.0987 e. The Morgan fingerprint density at radius 2 is 1.72 bits per heavy atom. The molecule has 0 N–H and O–H groups in total. The van der Waals surface area contributed by atoms with Crippen LogP contribution in [-0.4, -0.2) is 9.97 Å². The Kier molecular flexibility index (Phi) is 3.87. The fourth-order valence-corrected chi connectivity index (χ4v) is 3.59. The van der Waals surface area contributed by atoms with E-state index in [4.69, 9.17) is 0 Å². The Balaban J connectivity index is 2.29. The number of thiazole rings is 2. The summed E-state index contributed by atoms with van der Waals surface area (Å²) in [5.74, 6) is 0.503. The van der Waals surface area contributed by atoms with Crippen molar-refractivity contribution < 1.29 is 0 Å². The molecule has 4 heteroatoms. The van der Waals surface area contributed by atoms with E-state index < -0.39 is 0 Å². The van der Waals surface area contributed by atoms with E-state index in [2.05, 4.69) is 44.6 Å². The van der Waals surface area contributed by atoms with E-state index in [1.165, 1.54) is 19.8 Å². The molecule has 0 amide bonds. The van der Waals surface area contributed by atoms with Crippen molar-refractivity contribution >= 4 is 22.7 Å². The van der Waals surface area contributed by atoms with E-state index in [-0.39, 0.29) is 5.41 Å². The largest absolute Gasteiger partial charge is 0.249 e. The van der Waals surface area contributed by atoms with Gasteiger partial charge in [0.05, 0.1) is 19.8 Å². The molecule has 0 aliphatic rings. The van der Waals surface area contributed by atoms with E-state index in [9.17, 15) is 0 Å². The zero-order valence-corrected chi connectivity index (χ0v) is 13.3. The molecule has 0 unspecified atom stereocenters. The SMILES string of the molecule is CCC(C)(C)c1ncc(-c2cnc(C(C)C)s2)s1. The molecule has 0 aliphatic heterocycles. The minimum atomic E-state index is 0.175. The van der Waals surface area contributed by atoms with Crippen molar-refractivity contribution in [3.8, 4) is 9.75 Å². The lowest BCUT2D eigenvalue weighted by Gasteiger charge is -2.18. The Bertz CT molecular complexity index is 523. The van der Waals surface area contributed by atoms with Crippen LogP contribution < -0.4 is 0 Å². The molecule has 0 radical (unpaired) electrons. The van der Waals surface area contributed by atoms with Crippen molar-refractivity contribution in [2.75, 3.05) is 0 Å². The van der Waals surface area contributed by atoms with Crippen LogP contribution in [0.1, 0.15) is 57.0 Å². The molecule has 2 aromatic rings. The molecule has 18 heavy (non-hydrogen) atoms. The van der Waals surface area contributed by atoms with Crippen LogP contribution in [0, 0.1) is 0 Å². The summed E-state index contributed by atoms with van der Waals surface area (Å²) in [6.07, 6.45) is 5.09. The molecule has 0 saturated carbocycles. The predicted octanol–water partition coefficient (Wildman–Crippen LogP) is 5.08. The van der Waals surface area contributed by atoms with Gasteiger partial charge in [0.25, 0.3) is 0 Å². The summed E-state index contributed by atoms with van der Waals surface area (Å²) in [4.78, 5) is 11.6. The zero-order valence-electron chi connectivity index (χ0n) is 11.7. The van der Waals surface area contributed by atoms with Crippen molar-refractivity contribution in [1.29, 1.82) is 0 Å². The van der Waals surface area contributed by atoms with Crippen LogP contribution >= 0.6 is 22.7 Å². The van der Waals surface area contributed by atoms with E-state index in [0.717, 1.165) is 6.42 Å². The normalized spacial score (nSPS) is 12.3. The second-order valence-electron chi connectivity index (χ2n) is 5.48. The molecular formula is C14H20N2S2. The average Bonchev–Trinajstić information content (AvgIpc) is 2.97. The lowest BCUT2D eigenvalue weighted by atomic mass is 9.91. The summed E-state index contributed by atoms with van der Waals surface area (Å²) in [5, 5.41) is 2.43. The quantitative estimate of drug-likeness (QED) is 0.780. The molecule has 98 valence electrons. The molecule has 0 aromatic carbocycles. The molecule has 0 spiro atoms. The maximum Gasteiger partial charge on any atom is 0.0987 e. The van der Waals surface area contributed by atoms with Gasteiger partial charge in [-0.1, -0.05) is 34.6 Å². The molecule has 0 saturated heterocycles. The molecule has 2 heterocycles. The highest BCUT2D eigenvalue weighted by molar-refractivity contribution is 7.21. The molecule has 2 nitrogen and oxygen atoms in total. The van der Waals surface area contributed by atoms with Crippen LogP contribution in [0.25, 0.3) is 9.75 Å². The van der Waals surface area contributed by atoms with Gasteiger partial charge >= 0.3 is 0 Å². The fraction of sp³-hybridized carbons (Fsp3) is 0.571. The highest BCUT2D eigenvalue weighted by Crippen LogP contribution is 2.37. The van der Waals surface area contributed by atoms with E-state index >= 15 is 0 Å². The number of hydrogen-bond acceptors (Lipinski definition) is 4. The number of nitrogens with zero attached hydrogens (tertiary/aromatic N) is 2. The van der Waals surface area contributed by atoms with Crippen LogP contribution in [0.2, 0.25) is 0 Å². The molecule has 0 fully saturated rings. The topological polar surface area (TPSA) is 25.8 Å². The van der Waals surface area contributed by atoms with Crippen molar-refractivity contribution in [2.45, 2.75) is 52.4 Å². The number of rotatable bonds is 4. The Morgan fingerprint density at radius 3 is 2.28 bits per heavy atom. The highest BCUT2D eigenvalue weighted by Gasteiger charge is 2.22. The third-order valence-corrected chi connectivity index (χ3v) is 6.09. The van der Waals surface area contributed by atoms with Gasteiger partial charge in [0.1, 0.15) is 0 Å². The Morgan fingerprint density at radius 1 is 1.11 bits per heavy atom. The lowest BCUT2D eigenvalue weighted by molar-refractivity contribution is 0.503. The third-order valence-electron chi connectivity index (χ3n) is 3.23. The standard InChI is InChI=1S/C14H20N2S2/c1-6-14(4,5)13-16-8-11(18-13)10-7-15-12(17-10)9(2)3/h7-9H,6H2,1-5H3. The van der Waals surface area contributed by atoms with Gasteiger partial charge in [-0.25, -0.2) is 9.97 Å². The number of aromatic nitrogens is 2. The van der Waals surface area contributed by atoms with Gasteiger partial charge in [-0.05, 0) is 6.42 Å². The lowest BCUT2D eigenvalue weighted by Crippen LogP contribution is -2.14. The van der Waals surface area contributed by atoms with Crippen LogP contribution in [0.4, 0.5) is 0 Å². The van der Waals surface area contributed by atoms with Gasteiger partial charge in [-0.15, -0.1) is 22.7 Å². The summed E-state index contributed by atoms with van der Waals surface area (Å²) < 4.78 is 0. The summed E-state index contributed by atoms with van der Waals surface area (Å²) in [6, 6.07) is 0. The van der Waals surface area contributed by atoms with E-state index in [0.29, 0.717) is 5.92 Å². The molecule has 2 rings (SSSR count). The van der Waals surface area contributed by atoms with Gasteiger partial charge < -0.3 is 0 Å². The fourth-order valence-electron chi connectivity index (χ4n) is 1.52. The van der Waals surface area contributed by atoms with Crippen LogP contribution in [0.5, 0.6) is 0 Å². The third kappa shape index (κ3) is 2.64. The first-order valence-electron chi connectivity index (χ1n) is 6.36. The minimum absolute atomic E-state index is 0.175. The Labute approximate surface area is 117 Å². The summed E-state index contributed by atoms with van der Waals surface area (Å²) in [6.45, 7) is 11.1. The second-order valence-corrected chi connectivity index (χ2v) is 7.58. The average molecular weight is 280 g/mol. The van der Waals surface area contributed by atoms with Crippen molar-refractivity contribution in [1.82, 2.24) is 9.97 Å². The van der Waals surface area contributed by atoms with Crippen molar-refractivity contribution in [3.05, 3.63) is 22.4 Å². The zero-order chi connectivity index (χ0) is 13.3. The van der Waals surface area contributed by atoms with E-state index in [1.807, 2.05) is 12.4 Å². The van der Waals surface area contributed by atoms with Gasteiger partial charge in [0.15, 0.2) is 0 Å². The minimum Gasteiger partial charge on any atom is -0.249 e. The predicted molar refractivity (Wildman–Crippen MR) is 80.6 cm³/mol. The van der Waals surface area contributed by atoms with Crippen LogP contribution in [0.15, 0.2) is 12.4 Å². The summed E-state index contributed by atoms with van der Waals surface area (Å²) >= 11 is 3.59. The molecule has 2 aromatic heterocycles. The molecule has 0 atom stereocenters. The van der Waals surface area contributed by atoms with Gasteiger partial charge in [-0.2, -0.15) is 0 Å². The first kappa shape index (κ1) is 13.7. The molecule has 0 bridgehead atoms. The maximum absolute atomic E-state index is 4.59. The summed E-state index contributed by atoms with van der Waals surface area (Å²) in [7, 11) is 0. The monoisotopic (exact) mass is 280 g/mol. The number of hydrogen-bond donors (Lipinski definition) is 0. The first-order valence-corrected chi connectivity index (χ1v) is 7.99.